The van der Waals surface area contributed by atoms with E-state index in [1.807, 2.05) is 0 Å². The molecule has 0 radical (unpaired) electrons. The molecule has 16 heavy (non-hydrogen) atoms. The molecule has 5 nitrogen and oxygen atoms in total. The van der Waals surface area contributed by atoms with Crippen LogP contribution in [0.2, 0.25) is 0 Å². The second-order valence-electron chi connectivity index (χ2n) is 2.95. The number of aliphatic carboxylic acids is 1. The van der Waals surface area contributed by atoms with Gasteiger partial charge in [0.15, 0.2) is 15.6 Å². The van der Waals surface area contributed by atoms with Crippen LogP contribution >= 0.6 is 31.9 Å². The molecule has 1 aromatic carbocycles. The van der Waals surface area contributed by atoms with Crippen molar-refractivity contribution in [2.75, 3.05) is 11.5 Å². The number of carbonyl (C=O) groups is 1. The minimum atomic E-state index is -3.84. The maximum absolute atomic E-state index is 11.6. The number of hydrogen-bond donors (Lipinski definition) is 2. The molecule has 0 fully saturated rings. The maximum Gasteiger partial charge on any atom is 0.319 e. The summed E-state index contributed by atoms with van der Waals surface area (Å²) < 4.78 is 24.0. The number of carboxylic acid groups (broad SMARTS) is 1. The smallest absolute Gasteiger partial charge is 0.319 e. The molecule has 0 aliphatic carbocycles. The van der Waals surface area contributed by atoms with Gasteiger partial charge in [-0.25, -0.2) is 8.42 Å². The summed E-state index contributed by atoms with van der Waals surface area (Å²) in [6, 6.07) is 2.55. The topological polar surface area (TPSA) is 97.5 Å². The van der Waals surface area contributed by atoms with Gasteiger partial charge in [-0.2, -0.15) is 0 Å². The predicted molar refractivity (Wildman–Crippen MR) is 65.9 cm³/mol. The van der Waals surface area contributed by atoms with Crippen LogP contribution in [-0.2, 0) is 14.6 Å². The van der Waals surface area contributed by atoms with Crippen molar-refractivity contribution in [3.8, 4) is 0 Å². The highest BCUT2D eigenvalue weighted by Gasteiger charge is 2.20. The number of hydrogen-bond acceptors (Lipinski definition) is 4. The first-order valence-electron chi connectivity index (χ1n) is 3.93. The first-order chi connectivity index (χ1) is 7.24. The van der Waals surface area contributed by atoms with Gasteiger partial charge in [0.2, 0.25) is 0 Å². The van der Waals surface area contributed by atoms with Crippen molar-refractivity contribution in [3.63, 3.8) is 0 Å². The van der Waals surface area contributed by atoms with Crippen molar-refractivity contribution in [1.82, 2.24) is 0 Å². The summed E-state index contributed by atoms with van der Waals surface area (Å²) in [6.45, 7) is 0. The largest absolute Gasteiger partial charge is 0.480 e. The van der Waals surface area contributed by atoms with Crippen molar-refractivity contribution < 1.29 is 18.3 Å². The third kappa shape index (κ3) is 2.96. The van der Waals surface area contributed by atoms with Gasteiger partial charge in [-0.3, -0.25) is 4.79 Å². The fourth-order valence-corrected chi connectivity index (χ4v) is 3.56. The molecule has 0 atom stereocenters. The van der Waals surface area contributed by atoms with E-state index in [-0.39, 0.29) is 4.90 Å². The first kappa shape index (κ1) is 13.5. The predicted octanol–water partition coefficient (Wildman–Crippen LogP) is 1.65. The first-order valence-corrected chi connectivity index (χ1v) is 7.17. The summed E-state index contributed by atoms with van der Waals surface area (Å²) in [4.78, 5) is 10.3. The fourth-order valence-electron chi connectivity index (χ4n) is 0.986. The molecule has 0 saturated heterocycles. The molecule has 0 bridgehead atoms. The Labute approximate surface area is 109 Å². The van der Waals surface area contributed by atoms with Crippen LogP contribution in [0.5, 0.6) is 0 Å². The minimum absolute atomic E-state index is 0.0946. The molecular formula is C8H7Br2NO4S. The van der Waals surface area contributed by atoms with Gasteiger partial charge < -0.3 is 10.8 Å². The average molecular weight is 373 g/mol. The third-order valence-corrected chi connectivity index (χ3v) is 4.62. The number of halogens is 2. The Morgan fingerprint density at radius 2 is 1.75 bits per heavy atom. The van der Waals surface area contributed by atoms with Crippen molar-refractivity contribution in [2.24, 2.45) is 0 Å². The molecule has 8 heteroatoms. The van der Waals surface area contributed by atoms with Crippen LogP contribution < -0.4 is 5.73 Å². The highest BCUT2D eigenvalue weighted by atomic mass is 79.9. The molecule has 0 spiro atoms. The molecule has 0 amide bonds. The summed E-state index contributed by atoms with van der Waals surface area (Å²) in [5, 5.41) is 8.48. The standard InChI is InChI=1S/C8H7Br2NO4S/c9-5-1-4(2-6(10)8(5)11)16(14,15)3-7(12)13/h1-2H,3,11H2,(H,12,13). The van der Waals surface area contributed by atoms with E-state index >= 15 is 0 Å². The van der Waals surface area contributed by atoms with Gasteiger partial charge in [0.1, 0.15) is 0 Å². The molecule has 3 N–H and O–H groups in total. The van der Waals surface area contributed by atoms with Gasteiger partial charge in [-0.15, -0.1) is 0 Å². The number of anilines is 1. The Balaban J connectivity index is 3.30. The molecule has 0 aliphatic rings. The molecule has 0 heterocycles. The molecule has 88 valence electrons. The number of benzene rings is 1. The zero-order chi connectivity index (χ0) is 12.5. The van der Waals surface area contributed by atoms with Crippen LogP contribution in [-0.4, -0.2) is 25.2 Å². The fraction of sp³-hybridized carbons (Fsp3) is 0.125. The zero-order valence-electron chi connectivity index (χ0n) is 7.78. The summed E-state index contributed by atoms with van der Waals surface area (Å²) in [5.74, 6) is -2.35. The number of sulfone groups is 1. The Hall–Kier alpha value is -0.600. The Kier molecular flexibility index (Phi) is 3.97. The summed E-state index contributed by atoms with van der Waals surface area (Å²) in [6.07, 6.45) is 0. The second-order valence-corrected chi connectivity index (χ2v) is 6.65. The van der Waals surface area contributed by atoms with E-state index in [9.17, 15) is 13.2 Å². The lowest BCUT2D eigenvalue weighted by molar-refractivity contribution is -0.134. The summed E-state index contributed by atoms with van der Waals surface area (Å²) in [5.41, 5.74) is 5.95. The molecule has 0 unspecified atom stereocenters. The van der Waals surface area contributed by atoms with Crippen LogP contribution in [0.4, 0.5) is 5.69 Å². The number of rotatable bonds is 3. The lowest BCUT2D eigenvalue weighted by atomic mass is 10.3. The van der Waals surface area contributed by atoms with Crippen LogP contribution in [0.3, 0.4) is 0 Å². The summed E-state index contributed by atoms with van der Waals surface area (Å²) >= 11 is 6.18. The minimum Gasteiger partial charge on any atom is -0.480 e. The van der Waals surface area contributed by atoms with E-state index in [2.05, 4.69) is 31.9 Å². The van der Waals surface area contributed by atoms with Gasteiger partial charge in [0.25, 0.3) is 0 Å². The van der Waals surface area contributed by atoms with E-state index in [1.54, 1.807) is 0 Å². The van der Waals surface area contributed by atoms with Gasteiger partial charge >= 0.3 is 5.97 Å². The lowest BCUT2D eigenvalue weighted by Gasteiger charge is -2.06. The lowest BCUT2D eigenvalue weighted by Crippen LogP contribution is -2.15. The Morgan fingerprint density at radius 3 is 2.12 bits per heavy atom. The number of nitrogen functional groups attached to an aromatic ring is 1. The Bertz CT molecular complexity index is 518. The van der Waals surface area contributed by atoms with Crippen LogP contribution in [0.1, 0.15) is 0 Å². The maximum atomic E-state index is 11.6. The highest BCUT2D eigenvalue weighted by molar-refractivity contribution is 9.11. The summed E-state index contributed by atoms with van der Waals surface area (Å²) in [7, 11) is -3.84. The van der Waals surface area contributed by atoms with E-state index in [0.717, 1.165) is 0 Å². The molecule has 1 rings (SSSR count). The SMILES string of the molecule is Nc1c(Br)cc(S(=O)(=O)CC(=O)O)cc1Br. The van der Waals surface area contributed by atoms with Crippen LogP contribution in [0.25, 0.3) is 0 Å². The van der Waals surface area contributed by atoms with Crippen molar-refractivity contribution in [3.05, 3.63) is 21.1 Å². The van der Waals surface area contributed by atoms with Crippen molar-refractivity contribution >= 4 is 53.4 Å². The van der Waals surface area contributed by atoms with Gasteiger partial charge in [0.05, 0.1) is 10.6 Å². The van der Waals surface area contributed by atoms with Gasteiger partial charge in [-0.1, -0.05) is 0 Å². The zero-order valence-corrected chi connectivity index (χ0v) is 11.8. The molecule has 0 aromatic heterocycles. The van der Waals surface area contributed by atoms with Crippen LogP contribution in [0.15, 0.2) is 26.0 Å². The molecule has 0 saturated carbocycles. The second kappa shape index (κ2) is 4.72. The van der Waals surface area contributed by atoms with E-state index < -0.39 is 21.6 Å². The van der Waals surface area contributed by atoms with Crippen molar-refractivity contribution in [2.45, 2.75) is 4.90 Å². The molecular weight excluding hydrogens is 366 g/mol. The quantitative estimate of drug-likeness (QED) is 0.786. The van der Waals surface area contributed by atoms with Crippen LogP contribution in [0, 0.1) is 0 Å². The molecule has 0 aliphatic heterocycles. The highest BCUT2D eigenvalue weighted by Crippen LogP contribution is 2.31. The van der Waals surface area contributed by atoms with Crippen molar-refractivity contribution in [1.29, 1.82) is 0 Å². The average Bonchev–Trinajstić information content (AvgIpc) is 2.11. The number of nitrogens with two attached hydrogens (primary N) is 1. The van der Waals surface area contributed by atoms with Gasteiger partial charge in [-0.05, 0) is 44.0 Å². The normalized spacial score (nSPS) is 11.4. The van der Waals surface area contributed by atoms with E-state index in [1.165, 1.54) is 12.1 Å². The Morgan fingerprint density at radius 1 is 1.31 bits per heavy atom. The van der Waals surface area contributed by atoms with E-state index in [0.29, 0.717) is 14.6 Å². The number of carboxylic acids is 1. The third-order valence-electron chi connectivity index (χ3n) is 1.73. The monoisotopic (exact) mass is 371 g/mol. The molecule has 1 aromatic rings. The van der Waals surface area contributed by atoms with E-state index in [4.69, 9.17) is 10.8 Å². The van der Waals surface area contributed by atoms with Gasteiger partial charge in [0, 0.05) is 8.95 Å².